The van der Waals surface area contributed by atoms with E-state index in [0.717, 1.165) is 32.1 Å². The maximum absolute atomic E-state index is 10.3. The summed E-state index contributed by atoms with van der Waals surface area (Å²) in [6, 6.07) is 0. The predicted molar refractivity (Wildman–Crippen MR) is 74.3 cm³/mol. The first-order chi connectivity index (χ1) is 8.54. The summed E-state index contributed by atoms with van der Waals surface area (Å²) in [5.41, 5.74) is 4.97. The molecule has 4 heteroatoms. The largest absolute Gasteiger partial charge is 0.481 e. The number of hydrogen-bond donors (Lipinski definition) is 2. The normalized spacial score (nSPS) is 9.44. The number of primary amides is 1. The van der Waals surface area contributed by atoms with E-state index in [9.17, 15) is 9.59 Å². The summed E-state index contributed by atoms with van der Waals surface area (Å²) in [6.45, 7) is 4.23. The van der Waals surface area contributed by atoms with Gasteiger partial charge in [-0.25, -0.2) is 0 Å². The smallest absolute Gasteiger partial charge is 0.303 e. The summed E-state index contributed by atoms with van der Waals surface area (Å²) < 4.78 is 0. The van der Waals surface area contributed by atoms with Crippen LogP contribution in [0.4, 0.5) is 0 Å². The van der Waals surface area contributed by atoms with Crippen LogP contribution in [0.5, 0.6) is 0 Å². The van der Waals surface area contributed by atoms with E-state index in [1.807, 2.05) is 0 Å². The Morgan fingerprint density at radius 3 is 1.72 bits per heavy atom. The van der Waals surface area contributed by atoms with Crippen molar-refractivity contribution in [2.24, 2.45) is 5.73 Å². The zero-order chi connectivity index (χ0) is 14.2. The summed E-state index contributed by atoms with van der Waals surface area (Å²) in [5.74, 6) is -0.852. The molecule has 0 saturated carbocycles. The Balaban J connectivity index is 0. The van der Waals surface area contributed by atoms with Gasteiger partial charge in [-0.05, 0) is 12.8 Å². The van der Waals surface area contributed by atoms with Gasteiger partial charge >= 0.3 is 5.97 Å². The zero-order valence-electron chi connectivity index (χ0n) is 11.9. The van der Waals surface area contributed by atoms with Crippen molar-refractivity contribution in [3.63, 3.8) is 0 Å². The Morgan fingerprint density at radius 1 is 0.833 bits per heavy atom. The summed E-state index contributed by atoms with van der Waals surface area (Å²) >= 11 is 0. The molecule has 0 bridgehead atoms. The maximum Gasteiger partial charge on any atom is 0.303 e. The minimum atomic E-state index is -0.682. The minimum Gasteiger partial charge on any atom is -0.481 e. The van der Waals surface area contributed by atoms with Crippen LogP contribution >= 0.6 is 0 Å². The topological polar surface area (TPSA) is 80.4 Å². The van der Waals surface area contributed by atoms with E-state index in [1.54, 1.807) is 0 Å². The van der Waals surface area contributed by atoms with E-state index in [-0.39, 0.29) is 5.91 Å². The fourth-order valence-electron chi connectivity index (χ4n) is 1.43. The summed E-state index contributed by atoms with van der Waals surface area (Å²) in [7, 11) is 0. The molecule has 3 N–H and O–H groups in total. The highest BCUT2D eigenvalue weighted by Gasteiger charge is 1.93. The Bertz CT molecular complexity index is 205. The summed E-state index contributed by atoms with van der Waals surface area (Å²) in [6.07, 6.45) is 9.72. The monoisotopic (exact) mass is 259 g/mol. The maximum atomic E-state index is 10.3. The van der Waals surface area contributed by atoms with Crippen molar-refractivity contribution in [1.82, 2.24) is 0 Å². The van der Waals surface area contributed by atoms with Gasteiger partial charge in [0.15, 0.2) is 0 Å². The van der Waals surface area contributed by atoms with Crippen LogP contribution < -0.4 is 5.73 Å². The zero-order valence-corrected chi connectivity index (χ0v) is 11.9. The molecule has 0 aromatic carbocycles. The van der Waals surface area contributed by atoms with E-state index in [0.29, 0.717) is 12.8 Å². The number of nitrogens with two attached hydrogens (primary N) is 1. The van der Waals surface area contributed by atoms with Gasteiger partial charge < -0.3 is 10.8 Å². The molecule has 108 valence electrons. The van der Waals surface area contributed by atoms with Gasteiger partial charge in [-0.2, -0.15) is 0 Å². The number of carbonyl (C=O) groups is 2. The van der Waals surface area contributed by atoms with E-state index >= 15 is 0 Å². The van der Waals surface area contributed by atoms with Crippen LogP contribution in [0.3, 0.4) is 0 Å². The van der Waals surface area contributed by atoms with Gasteiger partial charge in [-0.15, -0.1) is 0 Å². The molecule has 1 amide bonds. The molecule has 0 fully saturated rings. The molecule has 0 atom stereocenters. The van der Waals surface area contributed by atoms with Crippen molar-refractivity contribution in [3.8, 4) is 0 Å². The second-order valence-corrected chi connectivity index (χ2v) is 4.48. The van der Waals surface area contributed by atoms with Gasteiger partial charge in [0.05, 0.1) is 0 Å². The molecule has 0 unspecified atom stereocenters. The number of rotatable bonds is 10. The lowest BCUT2D eigenvalue weighted by Gasteiger charge is -1.95. The van der Waals surface area contributed by atoms with Crippen molar-refractivity contribution in [1.29, 1.82) is 0 Å². The Kier molecular flexibility index (Phi) is 17.1. The third-order valence-corrected chi connectivity index (χ3v) is 2.52. The number of aliphatic carboxylic acids is 1. The fraction of sp³-hybridized carbons (Fsp3) is 0.857. The Hall–Kier alpha value is -1.06. The van der Waals surface area contributed by atoms with Crippen LogP contribution in [-0.2, 0) is 9.59 Å². The first kappa shape index (κ1) is 19.3. The second kappa shape index (κ2) is 15.9. The molecular formula is C14H29NO3. The molecule has 0 aliphatic heterocycles. The minimum absolute atomic E-state index is 0.170. The van der Waals surface area contributed by atoms with Crippen molar-refractivity contribution in [2.45, 2.75) is 78.1 Å². The van der Waals surface area contributed by atoms with Crippen LogP contribution in [0.2, 0.25) is 0 Å². The number of carboxylic acids is 1. The van der Waals surface area contributed by atoms with Crippen LogP contribution in [-0.4, -0.2) is 17.0 Å². The lowest BCUT2D eigenvalue weighted by atomic mass is 10.1. The van der Waals surface area contributed by atoms with Gasteiger partial charge in [-0.1, -0.05) is 52.4 Å². The lowest BCUT2D eigenvalue weighted by Crippen LogP contribution is -2.09. The highest BCUT2D eigenvalue weighted by atomic mass is 16.4. The Labute approximate surface area is 111 Å². The van der Waals surface area contributed by atoms with Crippen molar-refractivity contribution in [3.05, 3.63) is 0 Å². The van der Waals surface area contributed by atoms with E-state index < -0.39 is 5.97 Å². The van der Waals surface area contributed by atoms with Crippen LogP contribution in [0.1, 0.15) is 78.1 Å². The lowest BCUT2D eigenvalue weighted by molar-refractivity contribution is -0.137. The van der Waals surface area contributed by atoms with Gasteiger partial charge in [0.2, 0.25) is 5.91 Å². The highest BCUT2D eigenvalue weighted by Crippen LogP contribution is 2.03. The van der Waals surface area contributed by atoms with Crippen LogP contribution in [0.15, 0.2) is 0 Å². The molecule has 0 radical (unpaired) electrons. The van der Waals surface area contributed by atoms with E-state index in [2.05, 4.69) is 13.8 Å². The molecule has 0 saturated heterocycles. The van der Waals surface area contributed by atoms with Crippen molar-refractivity contribution < 1.29 is 14.7 Å². The molecule has 18 heavy (non-hydrogen) atoms. The standard InChI is InChI=1S/C8H17NO.C6H12O2/c1-2-3-4-5-6-7-8(9)10;1-2-3-4-5-6(7)8/h2-7H2,1H3,(H2,9,10);2-5H2,1H3,(H,7,8). The van der Waals surface area contributed by atoms with Gasteiger partial charge in [0.1, 0.15) is 0 Å². The fourth-order valence-corrected chi connectivity index (χ4v) is 1.43. The molecule has 4 nitrogen and oxygen atoms in total. The van der Waals surface area contributed by atoms with Crippen molar-refractivity contribution >= 4 is 11.9 Å². The highest BCUT2D eigenvalue weighted by molar-refractivity contribution is 5.73. The molecule has 0 aliphatic rings. The van der Waals surface area contributed by atoms with Gasteiger partial charge in [0.25, 0.3) is 0 Å². The summed E-state index contributed by atoms with van der Waals surface area (Å²) in [4.78, 5) is 20.1. The third-order valence-electron chi connectivity index (χ3n) is 2.52. The molecule has 0 heterocycles. The average molecular weight is 259 g/mol. The summed E-state index contributed by atoms with van der Waals surface area (Å²) in [5, 5.41) is 8.14. The molecule has 0 aliphatic carbocycles. The van der Waals surface area contributed by atoms with Crippen LogP contribution in [0.25, 0.3) is 0 Å². The molecule has 0 aromatic rings. The Morgan fingerprint density at radius 2 is 1.28 bits per heavy atom. The average Bonchev–Trinajstić information content (AvgIpc) is 2.29. The number of carboxylic acid groups (broad SMARTS) is 1. The molecule has 0 aromatic heterocycles. The molecule has 0 spiro atoms. The van der Waals surface area contributed by atoms with Crippen LogP contribution in [0, 0.1) is 0 Å². The predicted octanol–water partition coefficient (Wildman–Crippen LogP) is 3.48. The molecular weight excluding hydrogens is 230 g/mol. The SMILES string of the molecule is CCCCCC(=O)O.CCCCCCCC(N)=O. The number of amides is 1. The molecule has 0 rings (SSSR count). The first-order valence-corrected chi connectivity index (χ1v) is 7.04. The number of carbonyl (C=O) groups excluding carboxylic acids is 1. The second-order valence-electron chi connectivity index (χ2n) is 4.48. The van der Waals surface area contributed by atoms with Gasteiger partial charge in [0, 0.05) is 12.8 Å². The van der Waals surface area contributed by atoms with E-state index in [4.69, 9.17) is 10.8 Å². The third kappa shape index (κ3) is 24.3. The van der Waals surface area contributed by atoms with Gasteiger partial charge in [-0.3, -0.25) is 9.59 Å². The van der Waals surface area contributed by atoms with Crippen molar-refractivity contribution in [2.75, 3.05) is 0 Å². The quantitative estimate of drug-likeness (QED) is 0.589. The first-order valence-electron chi connectivity index (χ1n) is 7.04. The van der Waals surface area contributed by atoms with E-state index in [1.165, 1.54) is 19.3 Å². The number of unbranched alkanes of at least 4 members (excludes halogenated alkanes) is 6. The number of hydrogen-bond acceptors (Lipinski definition) is 2.